The first-order chi connectivity index (χ1) is 11.7. The van der Waals surface area contributed by atoms with Crippen LogP contribution in [0.25, 0.3) is 10.9 Å². The van der Waals surface area contributed by atoms with Crippen molar-refractivity contribution in [3.63, 3.8) is 0 Å². The number of benzene rings is 2. The highest BCUT2D eigenvalue weighted by Gasteiger charge is 2.08. The molecule has 1 aromatic heterocycles. The molecule has 124 valence electrons. The second-order valence-corrected chi connectivity index (χ2v) is 5.69. The summed E-state index contributed by atoms with van der Waals surface area (Å²) in [4.78, 5) is 4.61. The molecule has 3 aromatic rings. The summed E-state index contributed by atoms with van der Waals surface area (Å²) in [6.45, 7) is 2.85. The number of ether oxygens (including phenoxy) is 2. The van der Waals surface area contributed by atoms with Crippen LogP contribution in [0.1, 0.15) is 11.3 Å². The molecule has 1 N–H and O–H groups in total. The Morgan fingerprint density at radius 2 is 1.79 bits per heavy atom. The molecule has 0 aliphatic heterocycles. The highest BCUT2D eigenvalue weighted by Crippen LogP contribution is 2.29. The van der Waals surface area contributed by atoms with Gasteiger partial charge in [-0.25, -0.2) is 4.98 Å². The molecule has 0 saturated heterocycles. The van der Waals surface area contributed by atoms with E-state index in [0.717, 1.165) is 46.7 Å². The average Bonchev–Trinajstić information content (AvgIpc) is 2.61. The summed E-state index contributed by atoms with van der Waals surface area (Å²) in [5, 5.41) is 4.61. The Kier molecular flexibility index (Phi) is 4.85. The number of hydrogen-bond donors (Lipinski definition) is 1. The monoisotopic (exact) mass is 322 g/mol. The molecular formula is C20H22N2O2. The zero-order valence-corrected chi connectivity index (χ0v) is 14.3. The van der Waals surface area contributed by atoms with Crippen molar-refractivity contribution in [2.45, 2.75) is 13.3 Å². The number of nitrogens with one attached hydrogen (secondary N) is 1. The third-order valence-corrected chi connectivity index (χ3v) is 4.04. The van der Waals surface area contributed by atoms with Crippen molar-refractivity contribution in [2.75, 3.05) is 26.1 Å². The van der Waals surface area contributed by atoms with E-state index in [1.54, 1.807) is 14.2 Å². The van der Waals surface area contributed by atoms with Gasteiger partial charge >= 0.3 is 0 Å². The number of pyridine rings is 1. The van der Waals surface area contributed by atoms with Crippen molar-refractivity contribution in [1.29, 1.82) is 0 Å². The number of rotatable bonds is 6. The molecular weight excluding hydrogens is 300 g/mol. The van der Waals surface area contributed by atoms with Gasteiger partial charge in [0, 0.05) is 23.3 Å². The van der Waals surface area contributed by atoms with Crippen LogP contribution in [0.5, 0.6) is 11.5 Å². The van der Waals surface area contributed by atoms with Crippen LogP contribution in [0.4, 0.5) is 5.69 Å². The number of methoxy groups -OCH3 is 2. The van der Waals surface area contributed by atoms with Gasteiger partial charge < -0.3 is 14.8 Å². The maximum Gasteiger partial charge on any atom is 0.145 e. The van der Waals surface area contributed by atoms with E-state index < -0.39 is 0 Å². The van der Waals surface area contributed by atoms with Crippen molar-refractivity contribution in [2.24, 2.45) is 0 Å². The first-order valence-electron chi connectivity index (χ1n) is 8.02. The Labute approximate surface area is 142 Å². The number of para-hydroxylation sites is 1. The number of fused-ring (bicyclic) bond motifs is 1. The minimum Gasteiger partial charge on any atom is -0.497 e. The third kappa shape index (κ3) is 3.43. The van der Waals surface area contributed by atoms with E-state index >= 15 is 0 Å². The number of aromatic nitrogens is 1. The molecule has 4 heteroatoms. The minimum atomic E-state index is 0.800. The summed E-state index contributed by atoms with van der Waals surface area (Å²) in [5.41, 5.74) is 4.23. The summed E-state index contributed by atoms with van der Waals surface area (Å²) in [5.74, 6) is 1.68. The van der Waals surface area contributed by atoms with Gasteiger partial charge in [-0.15, -0.1) is 0 Å². The quantitative estimate of drug-likeness (QED) is 0.738. The van der Waals surface area contributed by atoms with Gasteiger partial charge in [-0.1, -0.05) is 24.3 Å². The number of anilines is 1. The summed E-state index contributed by atoms with van der Waals surface area (Å²) in [6, 6.07) is 16.3. The molecule has 2 aromatic carbocycles. The first-order valence-corrected chi connectivity index (χ1v) is 8.02. The smallest absolute Gasteiger partial charge is 0.145 e. The summed E-state index contributed by atoms with van der Waals surface area (Å²) in [6.07, 6.45) is 0.941. The summed E-state index contributed by atoms with van der Waals surface area (Å²) >= 11 is 0. The van der Waals surface area contributed by atoms with E-state index in [4.69, 9.17) is 9.47 Å². The fourth-order valence-corrected chi connectivity index (χ4v) is 2.79. The van der Waals surface area contributed by atoms with E-state index in [-0.39, 0.29) is 0 Å². The van der Waals surface area contributed by atoms with E-state index in [9.17, 15) is 0 Å². The van der Waals surface area contributed by atoms with Crippen LogP contribution in [0, 0.1) is 6.92 Å². The number of hydrogen-bond acceptors (Lipinski definition) is 4. The molecule has 0 atom stereocenters. The fraction of sp³-hybridized carbons (Fsp3) is 0.250. The van der Waals surface area contributed by atoms with Crippen LogP contribution in [-0.4, -0.2) is 25.7 Å². The molecule has 0 saturated carbocycles. The first kappa shape index (κ1) is 16.1. The van der Waals surface area contributed by atoms with Crippen LogP contribution in [-0.2, 0) is 6.42 Å². The Bertz CT molecular complexity index is 829. The van der Waals surface area contributed by atoms with Gasteiger partial charge in [0.2, 0.25) is 0 Å². The molecule has 0 fully saturated rings. The molecule has 0 amide bonds. The van der Waals surface area contributed by atoms with Gasteiger partial charge in [-0.05, 0) is 43.2 Å². The predicted molar refractivity (Wildman–Crippen MR) is 98.2 cm³/mol. The van der Waals surface area contributed by atoms with Crippen molar-refractivity contribution < 1.29 is 9.47 Å². The molecule has 24 heavy (non-hydrogen) atoms. The number of aryl methyl sites for hydroxylation is 1. The second-order valence-electron chi connectivity index (χ2n) is 5.69. The van der Waals surface area contributed by atoms with Gasteiger partial charge in [-0.2, -0.15) is 0 Å². The molecule has 0 spiro atoms. The molecule has 0 bridgehead atoms. The average molecular weight is 322 g/mol. The van der Waals surface area contributed by atoms with E-state index in [0.29, 0.717) is 0 Å². The zero-order chi connectivity index (χ0) is 16.9. The molecule has 4 nitrogen and oxygen atoms in total. The molecule has 0 unspecified atom stereocenters. The van der Waals surface area contributed by atoms with Gasteiger partial charge in [0.1, 0.15) is 17.0 Å². The predicted octanol–water partition coefficient (Wildman–Crippen LogP) is 4.22. The largest absolute Gasteiger partial charge is 0.497 e. The molecule has 1 heterocycles. The lowest BCUT2D eigenvalue weighted by Crippen LogP contribution is -2.06. The van der Waals surface area contributed by atoms with Crippen molar-refractivity contribution in [3.05, 3.63) is 59.8 Å². The van der Waals surface area contributed by atoms with Crippen LogP contribution >= 0.6 is 0 Å². The molecule has 3 rings (SSSR count). The Hall–Kier alpha value is -2.75. The van der Waals surface area contributed by atoms with Crippen LogP contribution in [0.15, 0.2) is 48.5 Å². The van der Waals surface area contributed by atoms with Crippen molar-refractivity contribution in [1.82, 2.24) is 4.98 Å². The number of nitrogens with zero attached hydrogens (tertiary/aromatic N) is 1. The fourth-order valence-electron chi connectivity index (χ4n) is 2.79. The lowest BCUT2D eigenvalue weighted by Gasteiger charge is -2.13. The maximum absolute atomic E-state index is 5.43. The highest BCUT2D eigenvalue weighted by atomic mass is 16.5. The second kappa shape index (κ2) is 7.21. The Balaban J connectivity index is 1.77. The van der Waals surface area contributed by atoms with Gasteiger partial charge in [0.05, 0.1) is 14.2 Å². The van der Waals surface area contributed by atoms with E-state index in [1.807, 2.05) is 31.2 Å². The summed E-state index contributed by atoms with van der Waals surface area (Å²) < 4.78 is 10.6. The van der Waals surface area contributed by atoms with Crippen LogP contribution < -0.4 is 14.8 Å². The third-order valence-electron chi connectivity index (χ3n) is 4.04. The van der Waals surface area contributed by atoms with Gasteiger partial charge in [0.15, 0.2) is 0 Å². The lowest BCUT2D eigenvalue weighted by molar-refractivity contribution is 0.414. The maximum atomic E-state index is 5.43. The molecule has 0 aliphatic rings. The normalized spacial score (nSPS) is 10.6. The van der Waals surface area contributed by atoms with E-state index in [1.165, 1.54) is 5.56 Å². The Morgan fingerprint density at radius 1 is 1.00 bits per heavy atom. The molecule has 0 radical (unpaired) electrons. The summed E-state index contributed by atoms with van der Waals surface area (Å²) in [7, 11) is 3.36. The standard InChI is InChI=1S/C20H22N2O2/c1-14-13-18(17-5-4-6-19(24-3)20(17)22-14)21-12-11-15-7-9-16(23-2)10-8-15/h4-10,13H,11-12H2,1-3H3,(H,21,22). The van der Waals surface area contributed by atoms with E-state index in [2.05, 4.69) is 34.6 Å². The van der Waals surface area contributed by atoms with Crippen molar-refractivity contribution in [3.8, 4) is 11.5 Å². The van der Waals surface area contributed by atoms with Gasteiger partial charge in [-0.3, -0.25) is 0 Å². The SMILES string of the molecule is COc1ccc(CCNc2cc(C)nc3c(OC)cccc23)cc1. The van der Waals surface area contributed by atoms with Crippen molar-refractivity contribution >= 4 is 16.6 Å². The van der Waals surface area contributed by atoms with Crippen LogP contribution in [0.3, 0.4) is 0 Å². The van der Waals surface area contributed by atoms with Crippen LogP contribution in [0.2, 0.25) is 0 Å². The highest BCUT2D eigenvalue weighted by molar-refractivity contribution is 5.95. The molecule has 0 aliphatic carbocycles. The zero-order valence-electron chi connectivity index (χ0n) is 14.3. The lowest BCUT2D eigenvalue weighted by atomic mass is 10.1. The minimum absolute atomic E-state index is 0.800. The topological polar surface area (TPSA) is 43.4 Å². The Morgan fingerprint density at radius 3 is 2.50 bits per heavy atom. The van der Waals surface area contributed by atoms with Gasteiger partial charge in [0.25, 0.3) is 0 Å².